The summed E-state index contributed by atoms with van der Waals surface area (Å²) in [6.45, 7) is 11.1. The number of ether oxygens (including phenoxy) is 1. The first-order valence-electron chi connectivity index (χ1n) is 11.8. The highest BCUT2D eigenvalue weighted by Crippen LogP contribution is 2.16. The maximum absolute atomic E-state index is 13.7. The van der Waals surface area contributed by atoms with Crippen LogP contribution in [0.3, 0.4) is 0 Å². The van der Waals surface area contributed by atoms with Gasteiger partial charge in [0, 0.05) is 26.2 Å². The number of amides is 2. The van der Waals surface area contributed by atoms with Crippen LogP contribution in [0.25, 0.3) is 0 Å². The molecule has 2 aromatic rings. The van der Waals surface area contributed by atoms with Gasteiger partial charge in [0.15, 0.2) is 0 Å². The van der Waals surface area contributed by atoms with E-state index in [0.717, 1.165) is 11.1 Å². The number of nitrogens with one attached hydrogen (secondary N) is 1. The molecule has 0 aliphatic heterocycles. The van der Waals surface area contributed by atoms with Crippen molar-refractivity contribution in [2.75, 3.05) is 19.6 Å². The van der Waals surface area contributed by atoms with Gasteiger partial charge in [-0.3, -0.25) is 9.69 Å². The minimum Gasteiger partial charge on any atom is -0.445 e. The van der Waals surface area contributed by atoms with Crippen LogP contribution in [0, 0.1) is 12.7 Å². The van der Waals surface area contributed by atoms with Crippen molar-refractivity contribution < 1.29 is 18.7 Å². The lowest BCUT2D eigenvalue weighted by atomic mass is 10.1. The highest BCUT2D eigenvalue weighted by molar-refractivity contribution is 5.85. The van der Waals surface area contributed by atoms with Crippen LogP contribution < -0.4 is 5.32 Å². The monoisotopic (exact) mass is 469 g/mol. The van der Waals surface area contributed by atoms with E-state index in [1.54, 1.807) is 24.1 Å². The molecule has 0 heterocycles. The second-order valence-corrected chi connectivity index (χ2v) is 8.21. The SMILES string of the molecule is C=CNCCN(Cc1ccccc1)C(=O)[C@H](CC)N(CCC)C(=O)OCc1cc(C)cc(F)c1. The van der Waals surface area contributed by atoms with Gasteiger partial charge < -0.3 is 15.0 Å². The van der Waals surface area contributed by atoms with E-state index in [2.05, 4.69) is 11.9 Å². The number of aryl methyl sites for hydroxylation is 1. The van der Waals surface area contributed by atoms with Crippen LogP contribution in [0.5, 0.6) is 0 Å². The summed E-state index contributed by atoms with van der Waals surface area (Å²) in [7, 11) is 0. The van der Waals surface area contributed by atoms with Crippen molar-refractivity contribution in [1.82, 2.24) is 15.1 Å². The molecule has 1 atom stereocenters. The van der Waals surface area contributed by atoms with Gasteiger partial charge in [0.25, 0.3) is 0 Å². The molecular formula is C27H36FN3O3. The molecule has 0 spiro atoms. The molecule has 184 valence electrons. The third-order valence-corrected chi connectivity index (χ3v) is 5.41. The Morgan fingerprint density at radius 3 is 2.47 bits per heavy atom. The summed E-state index contributed by atoms with van der Waals surface area (Å²) in [5, 5.41) is 3.04. The molecule has 0 bridgehead atoms. The van der Waals surface area contributed by atoms with Crippen LogP contribution in [0.15, 0.2) is 61.3 Å². The fourth-order valence-electron chi connectivity index (χ4n) is 3.85. The maximum Gasteiger partial charge on any atom is 0.410 e. The van der Waals surface area contributed by atoms with Gasteiger partial charge in [0.2, 0.25) is 5.91 Å². The van der Waals surface area contributed by atoms with Crippen molar-refractivity contribution in [3.05, 3.63) is 83.8 Å². The van der Waals surface area contributed by atoms with Gasteiger partial charge in [-0.05, 0) is 54.8 Å². The normalized spacial score (nSPS) is 11.4. The molecule has 2 rings (SSSR count). The van der Waals surface area contributed by atoms with Crippen molar-refractivity contribution >= 4 is 12.0 Å². The Balaban J connectivity index is 2.18. The van der Waals surface area contributed by atoms with Crippen molar-refractivity contribution in [3.8, 4) is 0 Å². The molecule has 2 aromatic carbocycles. The van der Waals surface area contributed by atoms with Crippen LogP contribution in [0.2, 0.25) is 0 Å². The molecule has 1 N–H and O–H groups in total. The Kier molecular flexibility index (Phi) is 11.1. The largest absolute Gasteiger partial charge is 0.445 e. The first-order chi connectivity index (χ1) is 16.4. The molecule has 0 aliphatic rings. The number of carbonyl (C=O) groups excluding carboxylic acids is 2. The molecule has 0 aromatic heterocycles. The zero-order valence-electron chi connectivity index (χ0n) is 20.4. The maximum atomic E-state index is 13.7. The number of halogens is 1. The van der Waals surface area contributed by atoms with E-state index >= 15 is 0 Å². The fourth-order valence-corrected chi connectivity index (χ4v) is 3.85. The van der Waals surface area contributed by atoms with E-state index in [-0.39, 0.29) is 18.3 Å². The van der Waals surface area contributed by atoms with E-state index in [1.165, 1.54) is 17.0 Å². The fraction of sp³-hybridized carbons (Fsp3) is 0.407. The lowest BCUT2D eigenvalue weighted by Gasteiger charge is -2.34. The Hall–Kier alpha value is -3.35. The molecule has 0 saturated carbocycles. The highest BCUT2D eigenvalue weighted by Gasteiger charge is 2.32. The average Bonchev–Trinajstić information content (AvgIpc) is 2.82. The van der Waals surface area contributed by atoms with E-state index in [1.807, 2.05) is 44.2 Å². The molecule has 0 radical (unpaired) electrons. The van der Waals surface area contributed by atoms with Crippen LogP contribution >= 0.6 is 0 Å². The minimum atomic E-state index is -0.658. The topological polar surface area (TPSA) is 61.9 Å². The summed E-state index contributed by atoms with van der Waals surface area (Å²) in [6.07, 6.45) is 2.15. The van der Waals surface area contributed by atoms with E-state index in [0.29, 0.717) is 44.6 Å². The van der Waals surface area contributed by atoms with Gasteiger partial charge in [0.05, 0.1) is 0 Å². The second-order valence-electron chi connectivity index (χ2n) is 8.21. The number of hydrogen-bond acceptors (Lipinski definition) is 4. The zero-order valence-corrected chi connectivity index (χ0v) is 20.4. The van der Waals surface area contributed by atoms with Crippen LogP contribution in [-0.4, -0.2) is 47.5 Å². The van der Waals surface area contributed by atoms with Crippen molar-refractivity contribution in [2.45, 2.75) is 52.8 Å². The average molecular weight is 470 g/mol. The van der Waals surface area contributed by atoms with E-state index in [4.69, 9.17) is 4.74 Å². The van der Waals surface area contributed by atoms with Crippen LogP contribution in [-0.2, 0) is 22.7 Å². The molecule has 34 heavy (non-hydrogen) atoms. The van der Waals surface area contributed by atoms with Gasteiger partial charge >= 0.3 is 6.09 Å². The van der Waals surface area contributed by atoms with Crippen LogP contribution in [0.4, 0.5) is 9.18 Å². The Bertz CT molecular complexity index is 916. The smallest absolute Gasteiger partial charge is 0.410 e. The summed E-state index contributed by atoms with van der Waals surface area (Å²) in [5.74, 6) is -0.507. The van der Waals surface area contributed by atoms with Crippen molar-refractivity contribution in [3.63, 3.8) is 0 Å². The predicted molar refractivity (Wildman–Crippen MR) is 132 cm³/mol. The number of nitrogens with zero attached hydrogens (tertiary/aromatic N) is 2. The van der Waals surface area contributed by atoms with Gasteiger partial charge in [-0.15, -0.1) is 0 Å². The Labute approximate surface area is 202 Å². The summed E-state index contributed by atoms with van der Waals surface area (Å²) < 4.78 is 19.2. The second kappa shape index (κ2) is 14.0. The van der Waals surface area contributed by atoms with Gasteiger partial charge in [-0.25, -0.2) is 9.18 Å². The summed E-state index contributed by atoms with van der Waals surface area (Å²) in [4.78, 5) is 29.9. The molecule has 0 saturated heterocycles. The number of benzene rings is 2. The first kappa shape index (κ1) is 26.9. The van der Waals surface area contributed by atoms with Gasteiger partial charge in [-0.2, -0.15) is 0 Å². The first-order valence-corrected chi connectivity index (χ1v) is 11.8. The third-order valence-electron chi connectivity index (χ3n) is 5.41. The minimum absolute atomic E-state index is 0.0563. The number of carbonyl (C=O) groups is 2. The van der Waals surface area contributed by atoms with E-state index < -0.39 is 12.1 Å². The third kappa shape index (κ3) is 8.21. The molecule has 2 amide bonds. The molecule has 0 aliphatic carbocycles. The van der Waals surface area contributed by atoms with Crippen molar-refractivity contribution in [2.24, 2.45) is 0 Å². The molecule has 0 unspecified atom stereocenters. The standard InChI is InChI=1S/C27H36FN3O3/c1-5-14-31(27(33)34-20-23-16-21(4)17-24(28)18-23)25(6-2)26(32)30(15-13-29-7-3)19-22-11-9-8-10-12-22/h7-12,16-18,25,29H,3,5-6,13-15,19-20H2,1-2,4H3/t25-/m0/s1. The summed E-state index contributed by atoms with van der Waals surface area (Å²) in [6, 6.07) is 13.6. The van der Waals surface area contributed by atoms with Gasteiger partial charge in [-0.1, -0.05) is 56.8 Å². The Morgan fingerprint density at radius 1 is 1.12 bits per heavy atom. The summed E-state index contributed by atoms with van der Waals surface area (Å²) in [5.41, 5.74) is 2.33. The molecular weight excluding hydrogens is 433 g/mol. The quantitative estimate of drug-likeness (QED) is 0.418. The van der Waals surface area contributed by atoms with Crippen LogP contribution in [0.1, 0.15) is 43.4 Å². The predicted octanol–water partition coefficient (Wildman–Crippen LogP) is 5.02. The molecule has 6 nitrogen and oxygen atoms in total. The Morgan fingerprint density at radius 2 is 1.85 bits per heavy atom. The van der Waals surface area contributed by atoms with E-state index in [9.17, 15) is 14.0 Å². The lowest BCUT2D eigenvalue weighted by molar-refractivity contribution is -0.137. The molecule has 0 fully saturated rings. The summed E-state index contributed by atoms with van der Waals surface area (Å²) >= 11 is 0. The van der Waals surface area contributed by atoms with Crippen molar-refractivity contribution in [1.29, 1.82) is 0 Å². The lowest BCUT2D eigenvalue weighted by Crippen LogP contribution is -2.51. The number of rotatable bonds is 13. The molecule has 7 heteroatoms. The highest BCUT2D eigenvalue weighted by atomic mass is 19.1. The zero-order chi connectivity index (χ0) is 24.9. The van der Waals surface area contributed by atoms with Gasteiger partial charge in [0.1, 0.15) is 18.5 Å². The number of hydrogen-bond donors (Lipinski definition) is 1.